The van der Waals surface area contributed by atoms with Gasteiger partial charge in [-0.1, -0.05) is 19.9 Å². The first-order valence-corrected chi connectivity index (χ1v) is 6.89. The molecular weight excluding hydrogens is 298 g/mol. The summed E-state index contributed by atoms with van der Waals surface area (Å²) in [7, 11) is 0. The van der Waals surface area contributed by atoms with Crippen LogP contribution in [0, 0.1) is 19.8 Å². The summed E-state index contributed by atoms with van der Waals surface area (Å²) in [6.45, 7) is 7.97. The minimum absolute atomic E-state index is 0.0593. The number of hydrogen-bond donors (Lipinski definition) is 2. The van der Waals surface area contributed by atoms with E-state index in [1.54, 1.807) is 0 Å². The van der Waals surface area contributed by atoms with Crippen molar-refractivity contribution in [3.63, 3.8) is 0 Å². The number of benzene rings is 1. The van der Waals surface area contributed by atoms with Crippen molar-refractivity contribution in [3.05, 3.63) is 27.7 Å². The van der Waals surface area contributed by atoms with Crippen LogP contribution in [0.4, 0.5) is 5.69 Å². The number of nitrogens with one attached hydrogen (secondary N) is 1. The molecule has 1 aromatic carbocycles. The Labute approximate surface area is 117 Å². The van der Waals surface area contributed by atoms with E-state index in [1.165, 1.54) is 5.56 Å². The third-order valence-electron chi connectivity index (χ3n) is 2.58. The Kier molecular flexibility index (Phi) is 5.07. The molecular formula is C13H18BrNOS. The van der Waals surface area contributed by atoms with Gasteiger partial charge in [0.25, 0.3) is 0 Å². The lowest BCUT2D eigenvalue weighted by Crippen LogP contribution is -2.28. The highest BCUT2D eigenvalue weighted by Gasteiger charge is 2.19. The first-order chi connectivity index (χ1) is 7.82. The first kappa shape index (κ1) is 14.6. The van der Waals surface area contributed by atoms with Crippen molar-refractivity contribution in [3.8, 4) is 0 Å². The molecule has 0 spiro atoms. The molecule has 0 aliphatic rings. The van der Waals surface area contributed by atoms with Gasteiger partial charge < -0.3 is 5.32 Å². The predicted molar refractivity (Wildman–Crippen MR) is 79.9 cm³/mol. The number of anilines is 1. The molecule has 0 saturated carbocycles. The smallest absolute Gasteiger partial charge is 0.237 e. The van der Waals surface area contributed by atoms with E-state index >= 15 is 0 Å². The molecule has 1 amide bonds. The summed E-state index contributed by atoms with van der Waals surface area (Å²) < 4.78 is 0.910. The van der Waals surface area contributed by atoms with Gasteiger partial charge in [0.1, 0.15) is 0 Å². The van der Waals surface area contributed by atoms with Crippen LogP contribution in [0.3, 0.4) is 0 Å². The highest BCUT2D eigenvalue weighted by molar-refractivity contribution is 9.10. The van der Waals surface area contributed by atoms with Crippen LogP contribution in [-0.4, -0.2) is 11.2 Å². The molecule has 0 aliphatic heterocycles. The van der Waals surface area contributed by atoms with E-state index in [9.17, 15) is 4.79 Å². The van der Waals surface area contributed by atoms with Crippen molar-refractivity contribution >= 4 is 40.2 Å². The molecule has 1 aromatic rings. The summed E-state index contributed by atoms with van der Waals surface area (Å²) in [5.41, 5.74) is 3.05. The molecule has 0 heterocycles. The SMILES string of the molecule is Cc1cc(C)c(NC(=O)C(S)C(C)C)c(Br)c1. The minimum atomic E-state index is -0.289. The number of amides is 1. The number of carbonyl (C=O) groups excluding carboxylic acids is 1. The van der Waals surface area contributed by atoms with Crippen molar-refractivity contribution in [1.29, 1.82) is 0 Å². The fourth-order valence-corrected chi connectivity index (χ4v) is 2.41. The molecule has 0 aromatic heterocycles. The Morgan fingerprint density at radius 2 is 1.94 bits per heavy atom. The fourth-order valence-electron chi connectivity index (χ4n) is 1.57. The lowest BCUT2D eigenvalue weighted by Gasteiger charge is -2.17. The molecule has 4 heteroatoms. The Morgan fingerprint density at radius 1 is 1.35 bits per heavy atom. The van der Waals surface area contributed by atoms with E-state index in [0.29, 0.717) is 0 Å². The zero-order chi connectivity index (χ0) is 13.2. The minimum Gasteiger partial charge on any atom is -0.324 e. The highest BCUT2D eigenvalue weighted by atomic mass is 79.9. The largest absolute Gasteiger partial charge is 0.324 e. The van der Waals surface area contributed by atoms with Gasteiger partial charge in [-0.2, -0.15) is 12.6 Å². The normalized spacial score (nSPS) is 12.6. The van der Waals surface area contributed by atoms with Crippen molar-refractivity contribution in [2.75, 3.05) is 5.32 Å². The summed E-state index contributed by atoms with van der Waals surface area (Å²) in [5, 5.41) is 2.64. The predicted octanol–water partition coefficient (Wildman–Crippen LogP) is 3.96. The second-order valence-electron chi connectivity index (χ2n) is 4.62. The van der Waals surface area contributed by atoms with Crippen LogP contribution in [-0.2, 0) is 4.79 Å². The molecule has 1 unspecified atom stereocenters. The molecule has 2 nitrogen and oxygen atoms in total. The van der Waals surface area contributed by atoms with Gasteiger partial charge in [0.05, 0.1) is 10.9 Å². The Balaban J connectivity index is 2.93. The molecule has 0 aliphatic carbocycles. The van der Waals surface area contributed by atoms with Gasteiger partial charge in [0.2, 0.25) is 5.91 Å². The zero-order valence-electron chi connectivity index (χ0n) is 10.5. The molecule has 1 N–H and O–H groups in total. The van der Waals surface area contributed by atoms with E-state index in [1.807, 2.05) is 39.8 Å². The second-order valence-corrected chi connectivity index (χ2v) is 6.03. The summed E-state index contributed by atoms with van der Waals surface area (Å²) in [4.78, 5) is 11.9. The standard InChI is InChI=1S/C13H18BrNOS/c1-7(2)12(17)13(16)15-11-9(4)5-8(3)6-10(11)14/h5-7,12,17H,1-4H3,(H,15,16). The van der Waals surface area contributed by atoms with E-state index in [-0.39, 0.29) is 17.1 Å². The lowest BCUT2D eigenvalue weighted by atomic mass is 10.1. The number of rotatable bonds is 3. The Bertz CT molecular complexity index is 408. The maximum atomic E-state index is 11.9. The van der Waals surface area contributed by atoms with Crippen LogP contribution in [0.1, 0.15) is 25.0 Å². The van der Waals surface area contributed by atoms with Gasteiger partial charge in [-0.15, -0.1) is 0 Å². The van der Waals surface area contributed by atoms with Gasteiger partial charge in [-0.3, -0.25) is 4.79 Å². The maximum absolute atomic E-state index is 11.9. The quantitative estimate of drug-likeness (QED) is 0.812. The van der Waals surface area contributed by atoms with Gasteiger partial charge in [0.15, 0.2) is 0 Å². The first-order valence-electron chi connectivity index (χ1n) is 5.58. The molecule has 0 radical (unpaired) electrons. The highest BCUT2D eigenvalue weighted by Crippen LogP contribution is 2.28. The van der Waals surface area contributed by atoms with Crippen molar-refractivity contribution in [1.82, 2.24) is 0 Å². The number of halogens is 1. The summed E-state index contributed by atoms with van der Waals surface area (Å²) in [5.74, 6) is 0.152. The molecule has 1 atom stereocenters. The fraction of sp³-hybridized carbons (Fsp3) is 0.462. The number of carbonyl (C=O) groups is 1. The third-order valence-corrected chi connectivity index (χ3v) is 4.04. The van der Waals surface area contributed by atoms with Crippen LogP contribution < -0.4 is 5.32 Å². The van der Waals surface area contributed by atoms with Crippen molar-refractivity contribution in [2.45, 2.75) is 32.9 Å². The van der Waals surface area contributed by atoms with Crippen LogP contribution >= 0.6 is 28.6 Å². The third kappa shape index (κ3) is 3.75. The Morgan fingerprint density at radius 3 is 2.41 bits per heavy atom. The zero-order valence-corrected chi connectivity index (χ0v) is 13.0. The monoisotopic (exact) mass is 315 g/mol. The van der Waals surface area contributed by atoms with Crippen molar-refractivity contribution in [2.24, 2.45) is 5.92 Å². The molecule has 1 rings (SSSR count). The van der Waals surface area contributed by atoms with E-state index in [4.69, 9.17) is 0 Å². The van der Waals surface area contributed by atoms with E-state index < -0.39 is 0 Å². The molecule has 94 valence electrons. The lowest BCUT2D eigenvalue weighted by molar-refractivity contribution is -0.116. The summed E-state index contributed by atoms with van der Waals surface area (Å²) in [6.07, 6.45) is 0. The van der Waals surface area contributed by atoms with E-state index in [0.717, 1.165) is 15.7 Å². The van der Waals surface area contributed by atoms with Gasteiger partial charge in [-0.05, 0) is 52.9 Å². The maximum Gasteiger partial charge on any atom is 0.237 e. The van der Waals surface area contributed by atoms with Crippen LogP contribution in [0.2, 0.25) is 0 Å². The Hall–Kier alpha value is -0.480. The second kappa shape index (κ2) is 5.91. The van der Waals surface area contributed by atoms with Gasteiger partial charge >= 0.3 is 0 Å². The van der Waals surface area contributed by atoms with Crippen molar-refractivity contribution < 1.29 is 4.79 Å². The number of aryl methyl sites for hydroxylation is 2. The topological polar surface area (TPSA) is 29.1 Å². The molecule has 0 bridgehead atoms. The average molecular weight is 316 g/mol. The molecule has 17 heavy (non-hydrogen) atoms. The van der Waals surface area contributed by atoms with E-state index in [2.05, 4.69) is 33.9 Å². The number of hydrogen-bond acceptors (Lipinski definition) is 2. The summed E-state index contributed by atoms with van der Waals surface area (Å²) >= 11 is 7.78. The van der Waals surface area contributed by atoms with Crippen LogP contribution in [0.15, 0.2) is 16.6 Å². The van der Waals surface area contributed by atoms with Crippen LogP contribution in [0.5, 0.6) is 0 Å². The van der Waals surface area contributed by atoms with Gasteiger partial charge in [-0.25, -0.2) is 0 Å². The summed E-state index contributed by atoms with van der Waals surface area (Å²) in [6, 6.07) is 4.04. The molecule has 0 saturated heterocycles. The van der Waals surface area contributed by atoms with Gasteiger partial charge in [0, 0.05) is 4.47 Å². The number of thiol groups is 1. The average Bonchev–Trinajstić information content (AvgIpc) is 2.21. The van der Waals surface area contributed by atoms with Crippen LogP contribution in [0.25, 0.3) is 0 Å². The molecule has 0 fully saturated rings.